The van der Waals surface area contributed by atoms with Gasteiger partial charge in [0.1, 0.15) is 0 Å². The topological polar surface area (TPSA) is 18.5 Å². The molecule has 252 valence electrons. The number of unbranched alkanes of at least 4 members (excludes halogenated alkanes) is 2. The third-order valence-corrected chi connectivity index (χ3v) is 33.6. The summed E-state index contributed by atoms with van der Waals surface area (Å²) in [6, 6.07) is 31.8. The minimum Gasteiger partial charge on any atom is -0.147 e. The predicted molar refractivity (Wildman–Crippen MR) is 206 cm³/mol. The number of rotatable bonds is 12. The van der Waals surface area contributed by atoms with Gasteiger partial charge in [-0.15, -0.1) is 24.8 Å². The van der Waals surface area contributed by atoms with E-state index in [2.05, 4.69) is 111 Å². The fourth-order valence-corrected chi connectivity index (χ4v) is 31.6. The second-order valence-corrected chi connectivity index (χ2v) is 30.3. The van der Waals surface area contributed by atoms with Crippen LogP contribution in [0.2, 0.25) is 8.35 Å². The molecule has 1 fully saturated rings. The Labute approximate surface area is 305 Å². The first-order valence-corrected chi connectivity index (χ1v) is 26.8. The SMILES string of the molecule is CCCCC1=Cc2c(-c3ccc(OC)cc3)cccc2[CH]1[Hf]1([CH]2C(CCCC)=Cc3c(-c4ccc(OC)cc4)cccc32)[CH2]C[CH2]1.Cl.Cl. The summed E-state index contributed by atoms with van der Waals surface area (Å²) in [5.41, 5.74) is 15.2. The van der Waals surface area contributed by atoms with E-state index < -0.39 is 20.0 Å². The van der Waals surface area contributed by atoms with Gasteiger partial charge in [0.15, 0.2) is 0 Å². The minimum atomic E-state index is -3.10. The van der Waals surface area contributed by atoms with Crippen LogP contribution in [0.15, 0.2) is 96.1 Å². The number of fused-ring (bicyclic) bond motifs is 2. The van der Waals surface area contributed by atoms with Gasteiger partial charge in [-0.1, -0.05) is 0 Å². The molecule has 2 unspecified atom stereocenters. The van der Waals surface area contributed by atoms with Crippen LogP contribution in [0.5, 0.6) is 11.5 Å². The number of halogens is 2. The third kappa shape index (κ3) is 6.52. The van der Waals surface area contributed by atoms with Gasteiger partial charge in [0.25, 0.3) is 0 Å². The maximum atomic E-state index is 5.50. The van der Waals surface area contributed by atoms with E-state index in [9.17, 15) is 0 Å². The Kier molecular flexibility index (Phi) is 12.2. The molecule has 0 spiro atoms. The van der Waals surface area contributed by atoms with Crippen molar-refractivity contribution in [3.05, 3.63) is 118 Å². The first kappa shape index (κ1) is 36.7. The molecule has 2 aliphatic carbocycles. The summed E-state index contributed by atoms with van der Waals surface area (Å²) in [6.07, 6.45) is 14.3. The molecule has 48 heavy (non-hydrogen) atoms. The van der Waals surface area contributed by atoms with Crippen LogP contribution >= 0.6 is 24.8 Å². The molecule has 0 N–H and O–H groups in total. The van der Waals surface area contributed by atoms with Gasteiger partial charge in [0.2, 0.25) is 0 Å². The van der Waals surface area contributed by atoms with E-state index in [4.69, 9.17) is 9.47 Å². The zero-order valence-electron chi connectivity index (χ0n) is 28.9. The molecule has 5 heteroatoms. The average molecular weight is 848 g/mol. The van der Waals surface area contributed by atoms with Crippen LogP contribution in [0.3, 0.4) is 0 Å². The summed E-state index contributed by atoms with van der Waals surface area (Å²) in [4.78, 5) is 0. The molecule has 0 radical (unpaired) electrons. The molecule has 2 atom stereocenters. The van der Waals surface area contributed by atoms with Crippen molar-refractivity contribution in [2.45, 2.75) is 74.5 Å². The van der Waals surface area contributed by atoms with E-state index in [1.807, 2.05) is 0 Å². The average Bonchev–Trinajstić information content (AvgIpc) is 3.65. The quantitative estimate of drug-likeness (QED) is 0.132. The fraction of sp³-hybridized carbons (Fsp3) is 0.349. The molecule has 4 aromatic carbocycles. The van der Waals surface area contributed by atoms with Crippen LogP contribution in [0.25, 0.3) is 34.4 Å². The number of benzene rings is 4. The van der Waals surface area contributed by atoms with Crippen LogP contribution in [0, 0.1) is 0 Å². The number of allylic oxidation sites excluding steroid dienone is 2. The van der Waals surface area contributed by atoms with Crippen molar-refractivity contribution < 1.29 is 29.4 Å². The van der Waals surface area contributed by atoms with Crippen molar-refractivity contribution in [3.8, 4) is 33.8 Å². The molecule has 0 amide bonds. The smallest absolute Gasteiger partial charge is 0.147 e. The van der Waals surface area contributed by atoms with E-state index in [0.717, 1.165) is 11.5 Å². The monoisotopic (exact) mass is 848 g/mol. The van der Waals surface area contributed by atoms with Gasteiger partial charge in [-0.3, -0.25) is 0 Å². The molecule has 0 saturated carbocycles. The summed E-state index contributed by atoms with van der Waals surface area (Å²) < 4.78 is 15.4. The first-order valence-electron chi connectivity index (χ1n) is 17.6. The van der Waals surface area contributed by atoms with Crippen molar-refractivity contribution >= 4 is 37.0 Å². The molecule has 0 bridgehead atoms. The van der Waals surface area contributed by atoms with Gasteiger partial charge in [-0.25, -0.2) is 0 Å². The van der Waals surface area contributed by atoms with E-state index in [0.29, 0.717) is 7.35 Å². The van der Waals surface area contributed by atoms with E-state index >= 15 is 0 Å². The molecule has 4 aromatic rings. The second-order valence-electron chi connectivity index (χ2n) is 13.7. The molecule has 7 rings (SSSR count). The van der Waals surface area contributed by atoms with Crippen molar-refractivity contribution in [1.82, 2.24) is 0 Å². The predicted octanol–water partition coefficient (Wildman–Crippen LogP) is 13.2. The fourth-order valence-electron chi connectivity index (χ4n) is 8.85. The van der Waals surface area contributed by atoms with Gasteiger partial charge in [-0.2, -0.15) is 0 Å². The van der Waals surface area contributed by atoms with Crippen molar-refractivity contribution in [2.75, 3.05) is 14.2 Å². The maximum absolute atomic E-state index is 5.50. The molecule has 3 aliphatic rings. The van der Waals surface area contributed by atoms with Gasteiger partial charge >= 0.3 is 282 Å². The number of ether oxygens (including phenoxy) is 2. The molecule has 0 aromatic heterocycles. The molecular formula is C43H50Cl2HfO2. The summed E-state index contributed by atoms with van der Waals surface area (Å²) in [5.74, 6) is 1.83. The van der Waals surface area contributed by atoms with Gasteiger partial charge in [0, 0.05) is 0 Å². The van der Waals surface area contributed by atoms with Gasteiger partial charge in [0.05, 0.1) is 0 Å². The molecular weight excluding hydrogens is 798 g/mol. The van der Waals surface area contributed by atoms with E-state index in [-0.39, 0.29) is 24.8 Å². The van der Waals surface area contributed by atoms with E-state index in [1.165, 1.54) is 86.7 Å². The van der Waals surface area contributed by atoms with E-state index in [1.54, 1.807) is 36.5 Å². The first-order chi connectivity index (χ1) is 22.6. The van der Waals surface area contributed by atoms with Crippen molar-refractivity contribution in [1.29, 1.82) is 0 Å². The van der Waals surface area contributed by atoms with Crippen LogP contribution < -0.4 is 9.47 Å². The molecule has 1 aliphatic heterocycles. The zero-order chi connectivity index (χ0) is 31.7. The normalized spacial score (nSPS) is 18.3. The van der Waals surface area contributed by atoms with Crippen LogP contribution in [-0.4, -0.2) is 14.2 Å². The summed E-state index contributed by atoms with van der Waals surface area (Å²) in [5, 5.41) is 0. The standard InChI is InChI=1S/2C20H21O.C3H6.2ClH.Hf/c2*1-3-4-6-15-13-17-7-5-8-19(20(17)14-15)16-9-11-18(21-2)12-10-16;1-3-2;;;/h2*5,7-14H,3-4,6H2,1-2H3;1-3H2;2*1H;. The maximum Gasteiger partial charge on any atom is -0.147 e. The van der Waals surface area contributed by atoms with Crippen molar-refractivity contribution in [2.24, 2.45) is 0 Å². The zero-order valence-corrected chi connectivity index (χ0v) is 34.1. The number of hydrogen-bond donors (Lipinski definition) is 0. The van der Waals surface area contributed by atoms with Crippen LogP contribution in [-0.2, 0) is 20.0 Å². The molecule has 1 heterocycles. The van der Waals surface area contributed by atoms with Gasteiger partial charge < -0.3 is 0 Å². The Morgan fingerprint density at radius 1 is 0.583 bits per heavy atom. The molecule has 1 saturated heterocycles. The van der Waals surface area contributed by atoms with Crippen LogP contribution in [0.4, 0.5) is 0 Å². The Balaban J connectivity index is 0.00000225. The number of methoxy groups -OCH3 is 2. The van der Waals surface area contributed by atoms with Gasteiger partial charge in [-0.05, 0) is 0 Å². The Bertz CT molecular complexity index is 1640. The third-order valence-electron chi connectivity index (χ3n) is 11.2. The van der Waals surface area contributed by atoms with Crippen LogP contribution in [0.1, 0.15) is 88.4 Å². The number of hydrogen-bond acceptors (Lipinski definition) is 2. The molecule has 2 nitrogen and oxygen atoms in total. The van der Waals surface area contributed by atoms with Crippen molar-refractivity contribution in [3.63, 3.8) is 0 Å². The summed E-state index contributed by atoms with van der Waals surface area (Å²) >= 11 is -3.10. The second kappa shape index (κ2) is 16.0. The Hall–Kier alpha value is -2.59. The largest absolute Gasteiger partial charge is 0.147 e. The Morgan fingerprint density at radius 2 is 1.00 bits per heavy atom. The summed E-state index contributed by atoms with van der Waals surface area (Å²) in [6.45, 7) is 4.70. The Morgan fingerprint density at radius 3 is 1.33 bits per heavy atom. The minimum absolute atomic E-state index is 0. The summed E-state index contributed by atoms with van der Waals surface area (Å²) in [7, 11) is 3.50.